The minimum absolute atomic E-state index is 0.376. The molecule has 0 saturated carbocycles. The van der Waals surface area contributed by atoms with Gasteiger partial charge in [0.1, 0.15) is 6.17 Å². The first kappa shape index (κ1) is 10.4. The Morgan fingerprint density at radius 1 is 1.42 bits per heavy atom. The van der Waals surface area contributed by atoms with E-state index >= 15 is 0 Å². The van der Waals surface area contributed by atoms with Gasteiger partial charge in [-0.3, -0.25) is 9.59 Å². The number of hydrogen-bond acceptors (Lipinski definition) is 2. The molecule has 0 fully saturated rings. The van der Waals surface area contributed by atoms with Crippen molar-refractivity contribution in [3.05, 3.63) is 25.3 Å². The number of rotatable bonds is 7. The van der Waals surface area contributed by atoms with Crippen molar-refractivity contribution in [2.45, 2.75) is 6.17 Å². The summed E-state index contributed by atoms with van der Waals surface area (Å²) < 4.78 is 0. The van der Waals surface area contributed by atoms with Gasteiger partial charge >= 0.3 is 0 Å². The summed E-state index contributed by atoms with van der Waals surface area (Å²) in [6, 6.07) is 0. The van der Waals surface area contributed by atoms with Gasteiger partial charge in [-0.05, 0) is 6.08 Å². The Kier molecular flexibility index (Phi) is 5.34. The molecule has 0 spiro atoms. The third kappa shape index (κ3) is 3.01. The van der Waals surface area contributed by atoms with E-state index in [0.29, 0.717) is 19.4 Å². The van der Waals surface area contributed by atoms with Crippen LogP contribution in [0.25, 0.3) is 0 Å². The van der Waals surface area contributed by atoms with E-state index in [2.05, 4.69) is 18.5 Å². The normalized spacial score (nSPS) is 11.0. The van der Waals surface area contributed by atoms with E-state index in [9.17, 15) is 9.59 Å². The molecule has 0 aliphatic heterocycles. The van der Waals surface area contributed by atoms with E-state index in [1.165, 1.54) is 11.0 Å². The molecule has 1 N–H and O–H groups in total. The van der Waals surface area contributed by atoms with Crippen molar-refractivity contribution in [2.24, 2.45) is 0 Å². The monoisotopic (exact) mass is 168 g/mol. The summed E-state index contributed by atoms with van der Waals surface area (Å²) >= 11 is 0. The molecule has 0 aromatic heterocycles. The first-order valence-corrected chi connectivity index (χ1v) is 3.44. The Labute approximate surface area is 71.5 Å². The quantitative estimate of drug-likeness (QED) is 0.327. The van der Waals surface area contributed by atoms with Crippen LogP contribution in [0, 0.1) is 0 Å². The largest absolute Gasteiger partial charge is 0.335 e. The van der Waals surface area contributed by atoms with Crippen LogP contribution < -0.4 is 5.32 Å². The number of hydrogen-bond donors (Lipinski definition) is 1. The molecule has 0 saturated heterocycles. The molecule has 4 heteroatoms. The standard InChI is InChI=1S/C8H12N2O2/c1-3-5-10(7-12)8(4-2)9-6-11/h3-4,6-8H,1-2,5H2,(H,9,11). The van der Waals surface area contributed by atoms with E-state index < -0.39 is 6.17 Å². The lowest BCUT2D eigenvalue weighted by molar-refractivity contribution is -0.120. The van der Waals surface area contributed by atoms with Gasteiger partial charge in [-0.25, -0.2) is 0 Å². The molecule has 0 aliphatic rings. The topological polar surface area (TPSA) is 49.4 Å². The summed E-state index contributed by atoms with van der Waals surface area (Å²) in [4.78, 5) is 21.9. The van der Waals surface area contributed by atoms with Gasteiger partial charge in [0.15, 0.2) is 0 Å². The third-order valence-corrected chi connectivity index (χ3v) is 1.29. The number of carbonyl (C=O) groups excluding carboxylic acids is 2. The molecular weight excluding hydrogens is 156 g/mol. The SMILES string of the molecule is C=CCN(C=O)C(C=C)NC=O. The van der Waals surface area contributed by atoms with Gasteiger partial charge in [-0.2, -0.15) is 0 Å². The van der Waals surface area contributed by atoms with Gasteiger partial charge in [-0.1, -0.05) is 12.7 Å². The van der Waals surface area contributed by atoms with Crippen LogP contribution in [-0.4, -0.2) is 30.4 Å². The zero-order valence-corrected chi connectivity index (χ0v) is 6.77. The van der Waals surface area contributed by atoms with Crippen molar-refractivity contribution in [1.82, 2.24) is 10.2 Å². The van der Waals surface area contributed by atoms with Crippen LogP contribution >= 0.6 is 0 Å². The third-order valence-electron chi connectivity index (χ3n) is 1.29. The molecule has 0 aliphatic carbocycles. The van der Waals surface area contributed by atoms with E-state index in [4.69, 9.17) is 0 Å². The zero-order chi connectivity index (χ0) is 9.40. The number of nitrogens with one attached hydrogen (secondary N) is 1. The smallest absolute Gasteiger partial charge is 0.211 e. The molecule has 12 heavy (non-hydrogen) atoms. The second kappa shape index (κ2) is 6.15. The highest BCUT2D eigenvalue weighted by Crippen LogP contribution is 1.92. The Morgan fingerprint density at radius 3 is 2.42 bits per heavy atom. The molecule has 66 valence electrons. The van der Waals surface area contributed by atoms with E-state index in [1.54, 1.807) is 6.08 Å². The summed E-state index contributed by atoms with van der Waals surface area (Å²) in [5.74, 6) is 0. The molecule has 0 radical (unpaired) electrons. The summed E-state index contributed by atoms with van der Waals surface area (Å²) in [5.41, 5.74) is 0. The molecule has 4 nitrogen and oxygen atoms in total. The minimum Gasteiger partial charge on any atom is -0.335 e. The molecule has 0 bridgehead atoms. The lowest BCUT2D eigenvalue weighted by Gasteiger charge is -2.23. The Bertz CT molecular complexity index is 160. The van der Waals surface area contributed by atoms with Crippen LogP contribution in [0.4, 0.5) is 0 Å². The van der Waals surface area contributed by atoms with Gasteiger partial charge < -0.3 is 10.2 Å². The van der Waals surface area contributed by atoms with Crippen LogP contribution in [0.3, 0.4) is 0 Å². The molecule has 0 aromatic rings. The van der Waals surface area contributed by atoms with Crippen molar-refractivity contribution >= 4 is 12.8 Å². The van der Waals surface area contributed by atoms with Gasteiger partial charge in [0.2, 0.25) is 12.8 Å². The highest BCUT2D eigenvalue weighted by molar-refractivity contribution is 5.52. The average molecular weight is 168 g/mol. The number of carbonyl (C=O) groups is 2. The van der Waals surface area contributed by atoms with Crippen molar-refractivity contribution in [2.75, 3.05) is 6.54 Å². The first-order valence-electron chi connectivity index (χ1n) is 3.44. The van der Waals surface area contributed by atoms with Crippen molar-refractivity contribution in [1.29, 1.82) is 0 Å². The predicted molar refractivity (Wildman–Crippen MR) is 46.2 cm³/mol. The zero-order valence-electron chi connectivity index (χ0n) is 6.77. The highest BCUT2D eigenvalue weighted by atomic mass is 16.1. The van der Waals surface area contributed by atoms with Crippen LogP contribution in [0.15, 0.2) is 25.3 Å². The average Bonchev–Trinajstić information content (AvgIpc) is 2.11. The molecular formula is C8H12N2O2. The van der Waals surface area contributed by atoms with Crippen molar-refractivity contribution < 1.29 is 9.59 Å². The van der Waals surface area contributed by atoms with Crippen molar-refractivity contribution in [3.63, 3.8) is 0 Å². The second-order valence-corrected chi connectivity index (χ2v) is 2.06. The summed E-state index contributed by atoms with van der Waals surface area (Å²) in [7, 11) is 0. The van der Waals surface area contributed by atoms with Crippen molar-refractivity contribution in [3.8, 4) is 0 Å². The molecule has 2 amide bonds. The van der Waals surface area contributed by atoms with E-state index in [1.807, 2.05) is 0 Å². The van der Waals surface area contributed by atoms with Gasteiger partial charge in [-0.15, -0.1) is 6.58 Å². The molecule has 1 unspecified atom stereocenters. The molecule has 1 atom stereocenters. The second-order valence-electron chi connectivity index (χ2n) is 2.06. The molecule has 0 aromatic carbocycles. The van der Waals surface area contributed by atoms with Crippen LogP contribution in [-0.2, 0) is 9.59 Å². The lowest BCUT2D eigenvalue weighted by Crippen LogP contribution is -2.42. The Hall–Kier alpha value is -1.58. The van der Waals surface area contributed by atoms with Crippen LogP contribution in [0.5, 0.6) is 0 Å². The van der Waals surface area contributed by atoms with Crippen LogP contribution in [0.1, 0.15) is 0 Å². The highest BCUT2D eigenvalue weighted by Gasteiger charge is 2.09. The number of amides is 2. The summed E-state index contributed by atoms with van der Waals surface area (Å²) in [6.45, 7) is 7.32. The van der Waals surface area contributed by atoms with Gasteiger partial charge in [0, 0.05) is 6.54 Å². The maximum atomic E-state index is 10.4. The Morgan fingerprint density at radius 2 is 2.08 bits per heavy atom. The summed E-state index contributed by atoms with van der Waals surface area (Å²) in [6.07, 6.45) is 3.72. The van der Waals surface area contributed by atoms with E-state index in [0.717, 1.165) is 0 Å². The minimum atomic E-state index is -0.460. The number of nitrogens with zero attached hydrogens (tertiary/aromatic N) is 1. The maximum Gasteiger partial charge on any atom is 0.211 e. The van der Waals surface area contributed by atoms with Gasteiger partial charge in [0.05, 0.1) is 0 Å². The first-order chi connectivity index (χ1) is 5.79. The summed E-state index contributed by atoms with van der Waals surface area (Å²) in [5, 5.41) is 2.42. The fourth-order valence-corrected chi connectivity index (χ4v) is 0.740. The van der Waals surface area contributed by atoms with E-state index in [-0.39, 0.29) is 0 Å². The Balaban J connectivity index is 4.19. The predicted octanol–water partition coefficient (Wildman–Crippen LogP) is -0.111. The lowest BCUT2D eigenvalue weighted by atomic mass is 10.4. The maximum absolute atomic E-state index is 10.4. The van der Waals surface area contributed by atoms with Crippen LogP contribution in [0.2, 0.25) is 0 Å². The molecule has 0 rings (SSSR count). The van der Waals surface area contributed by atoms with Gasteiger partial charge in [0.25, 0.3) is 0 Å². The fraction of sp³-hybridized carbons (Fsp3) is 0.250. The fourth-order valence-electron chi connectivity index (χ4n) is 0.740. The molecule has 0 heterocycles.